The highest BCUT2D eigenvalue weighted by Gasteiger charge is 2.60. The molecule has 41 heavy (non-hydrogen) atoms. The Morgan fingerprint density at radius 1 is 0.927 bits per heavy atom. The predicted octanol–water partition coefficient (Wildman–Crippen LogP) is 6.45. The number of imide groups is 1. The van der Waals surface area contributed by atoms with Gasteiger partial charge in [0.05, 0.1) is 6.54 Å². The van der Waals surface area contributed by atoms with Crippen LogP contribution in [0.25, 0.3) is 0 Å². The molecule has 1 aliphatic heterocycles. The first kappa shape index (κ1) is 26.6. The van der Waals surface area contributed by atoms with Gasteiger partial charge in [0, 0.05) is 18.9 Å². The number of nitrogens with zero attached hydrogens (tertiary/aromatic N) is 1. The minimum atomic E-state index is -1.33. The second kappa shape index (κ2) is 10.2. The number of hydrogen-bond donors (Lipinski definition) is 1. The molecule has 8 heteroatoms. The van der Waals surface area contributed by atoms with Crippen LogP contribution >= 0.6 is 0 Å². The molecular formula is C33H37FNO6+. The number of carbonyl (C=O) groups is 3. The number of amides is 2. The zero-order valence-electron chi connectivity index (χ0n) is 23.2. The van der Waals surface area contributed by atoms with Gasteiger partial charge in [-0.2, -0.15) is 4.79 Å². The van der Waals surface area contributed by atoms with E-state index in [2.05, 4.69) is 0 Å². The second-order valence-corrected chi connectivity index (χ2v) is 13.1. The van der Waals surface area contributed by atoms with Gasteiger partial charge in [-0.1, -0.05) is 30.3 Å². The molecule has 7 nitrogen and oxygen atoms in total. The summed E-state index contributed by atoms with van der Waals surface area (Å²) >= 11 is 0. The third kappa shape index (κ3) is 4.64. The van der Waals surface area contributed by atoms with Crippen LogP contribution in [0.3, 0.4) is 0 Å². The van der Waals surface area contributed by atoms with Crippen molar-refractivity contribution >= 4 is 18.0 Å². The van der Waals surface area contributed by atoms with Gasteiger partial charge in [-0.3, -0.25) is 0 Å². The molecule has 1 unspecified atom stereocenters. The number of rotatable bonds is 7. The van der Waals surface area contributed by atoms with Gasteiger partial charge in [0.2, 0.25) is 6.04 Å². The van der Waals surface area contributed by atoms with Gasteiger partial charge < -0.3 is 14.6 Å². The van der Waals surface area contributed by atoms with Crippen LogP contribution in [-0.4, -0.2) is 46.2 Å². The Labute approximate surface area is 239 Å². The summed E-state index contributed by atoms with van der Waals surface area (Å²) < 4.78 is 27.1. The van der Waals surface area contributed by atoms with E-state index in [1.807, 2.05) is 6.07 Å². The smallest absolute Gasteiger partial charge is 0.489 e. The summed E-state index contributed by atoms with van der Waals surface area (Å²) in [5.74, 6) is 0.360. The highest BCUT2D eigenvalue weighted by atomic mass is 19.1. The third-order valence-corrected chi connectivity index (χ3v) is 10.4. The Morgan fingerprint density at radius 2 is 1.61 bits per heavy atom. The molecule has 2 aromatic rings. The number of quaternary nitrogens is 1. The third-order valence-electron chi connectivity index (χ3n) is 10.4. The van der Waals surface area contributed by atoms with E-state index in [9.17, 15) is 19.5 Å². The van der Waals surface area contributed by atoms with Crippen LogP contribution in [0.5, 0.6) is 5.75 Å². The molecule has 216 valence electrons. The molecule has 1 heterocycles. The molecule has 1 N–H and O–H groups in total. The maximum absolute atomic E-state index is 15.9. The molecule has 8 rings (SSSR count). The van der Waals surface area contributed by atoms with Gasteiger partial charge in [0.1, 0.15) is 29.8 Å². The topological polar surface area (TPSA) is 89.9 Å². The average molecular weight is 563 g/mol. The summed E-state index contributed by atoms with van der Waals surface area (Å²) in [6.45, 7) is -0.152. The number of benzene rings is 2. The first-order valence-corrected chi connectivity index (χ1v) is 15.2. The van der Waals surface area contributed by atoms with E-state index >= 15 is 4.39 Å². The Balaban J connectivity index is 1.20. The van der Waals surface area contributed by atoms with Crippen molar-refractivity contribution in [3.05, 3.63) is 65.0 Å². The summed E-state index contributed by atoms with van der Waals surface area (Å²) in [5, 5.41) is 10.0. The lowest BCUT2D eigenvalue weighted by Crippen LogP contribution is -2.62. The fourth-order valence-corrected chi connectivity index (χ4v) is 8.58. The number of carboxylic acids is 1. The number of carboxylic acid groups (broad SMARTS) is 1. The van der Waals surface area contributed by atoms with E-state index in [1.54, 1.807) is 30.3 Å². The molecular weight excluding hydrogens is 525 g/mol. The zero-order chi connectivity index (χ0) is 28.3. The number of halogens is 1. The van der Waals surface area contributed by atoms with E-state index in [4.69, 9.17) is 9.47 Å². The first-order valence-electron chi connectivity index (χ1n) is 15.2. The molecule has 1 saturated heterocycles. The SMILES string of the molecule is O=C(O)[C@@H]1CCC[N+]1(C(=O)OCc1ccccc1)C(=O)c1cc(C2CC2)c(OC2C3CC4CC(C3)CC2C4)cc1F. The fourth-order valence-electron chi connectivity index (χ4n) is 8.58. The van der Waals surface area contributed by atoms with E-state index in [1.165, 1.54) is 38.2 Å². The minimum Gasteiger partial charge on any atom is -0.489 e. The van der Waals surface area contributed by atoms with Crippen molar-refractivity contribution in [2.45, 2.75) is 82.5 Å². The lowest BCUT2D eigenvalue weighted by atomic mass is 9.55. The van der Waals surface area contributed by atoms with Crippen LogP contribution in [0.1, 0.15) is 85.2 Å². The molecule has 5 saturated carbocycles. The van der Waals surface area contributed by atoms with Crippen molar-refractivity contribution in [2.75, 3.05) is 6.54 Å². The Hall–Kier alpha value is -3.26. The zero-order valence-corrected chi connectivity index (χ0v) is 23.2. The molecule has 0 radical (unpaired) electrons. The number of carbonyl (C=O) groups excluding carboxylic acids is 2. The van der Waals surface area contributed by atoms with Crippen molar-refractivity contribution in [2.24, 2.45) is 23.7 Å². The molecule has 5 aliphatic carbocycles. The highest BCUT2D eigenvalue weighted by molar-refractivity contribution is 5.97. The molecule has 0 spiro atoms. The standard InChI is InChI=1S/C33H36FNO6/c34-27-17-29(41-30-23-12-20-11-21(14-23)15-24(30)13-20)25(22-8-9-22)16-26(27)31(36)35(10-4-7-28(35)32(37)38)33(39)40-18-19-5-2-1-3-6-19/h1-3,5-6,16-17,20-24,28,30H,4,7-15,18H2/p+1/t20?,21?,23?,24?,28-,30?,35?/m0/s1. The lowest BCUT2D eigenvalue weighted by Gasteiger charge is -2.53. The maximum atomic E-state index is 15.9. The molecule has 0 aromatic heterocycles. The Morgan fingerprint density at radius 3 is 2.24 bits per heavy atom. The van der Waals surface area contributed by atoms with Crippen LogP contribution in [0.4, 0.5) is 9.18 Å². The number of likely N-dealkylation sites (tertiary alicyclic amines) is 1. The average Bonchev–Trinajstić information content (AvgIpc) is 3.70. The van der Waals surface area contributed by atoms with E-state index in [0.29, 0.717) is 29.6 Å². The van der Waals surface area contributed by atoms with Gasteiger partial charge in [0.25, 0.3) is 0 Å². The summed E-state index contributed by atoms with van der Waals surface area (Å²) in [6, 6.07) is 10.5. The Kier molecular flexibility index (Phi) is 6.64. The van der Waals surface area contributed by atoms with E-state index in [0.717, 1.165) is 30.2 Å². The van der Waals surface area contributed by atoms with Crippen molar-refractivity contribution in [3.63, 3.8) is 0 Å². The largest absolute Gasteiger partial charge is 0.524 e. The molecule has 4 bridgehead atoms. The number of ether oxygens (including phenoxy) is 2. The number of aliphatic carboxylic acids is 1. The van der Waals surface area contributed by atoms with Crippen molar-refractivity contribution < 1.29 is 37.8 Å². The van der Waals surface area contributed by atoms with Crippen LogP contribution in [0.15, 0.2) is 42.5 Å². The van der Waals surface area contributed by atoms with Gasteiger partial charge in [-0.05, 0) is 91.7 Å². The molecule has 6 aliphatic rings. The molecule has 2 aromatic carbocycles. The van der Waals surface area contributed by atoms with Gasteiger partial charge in [0.15, 0.2) is 0 Å². The Bertz CT molecular complexity index is 1350. The maximum Gasteiger partial charge on any atom is 0.524 e. The second-order valence-electron chi connectivity index (χ2n) is 13.1. The van der Waals surface area contributed by atoms with Crippen molar-refractivity contribution in [1.82, 2.24) is 0 Å². The van der Waals surface area contributed by atoms with Gasteiger partial charge in [-0.25, -0.2) is 14.0 Å². The lowest BCUT2D eigenvalue weighted by molar-refractivity contribution is -0.780. The van der Waals surface area contributed by atoms with Crippen LogP contribution in [-0.2, 0) is 16.1 Å². The van der Waals surface area contributed by atoms with E-state index < -0.39 is 34.3 Å². The van der Waals surface area contributed by atoms with Crippen molar-refractivity contribution in [3.8, 4) is 5.75 Å². The van der Waals surface area contributed by atoms with Gasteiger partial charge >= 0.3 is 18.0 Å². The minimum absolute atomic E-state index is 0.0480. The van der Waals surface area contributed by atoms with Crippen molar-refractivity contribution in [1.29, 1.82) is 0 Å². The normalized spacial score (nSPS) is 33.5. The number of hydrogen-bond acceptors (Lipinski definition) is 5. The van der Waals surface area contributed by atoms with Crippen LogP contribution < -0.4 is 4.74 Å². The van der Waals surface area contributed by atoms with Gasteiger partial charge in [-0.15, -0.1) is 4.48 Å². The quantitative estimate of drug-likeness (QED) is 0.390. The van der Waals surface area contributed by atoms with Crippen LogP contribution in [0.2, 0.25) is 0 Å². The first-order chi connectivity index (χ1) is 19.8. The summed E-state index contributed by atoms with van der Waals surface area (Å²) in [7, 11) is 0. The molecule has 2 amide bonds. The molecule has 2 atom stereocenters. The van der Waals surface area contributed by atoms with E-state index in [-0.39, 0.29) is 37.2 Å². The summed E-state index contributed by atoms with van der Waals surface area (Å²) in [5.41, 5.74) is 1.26. The predicted molar refractivity (Wildman–Crippen MR) is 147 cm³/mol. The summed E-state index contributed by atoms with van der Waals surface area (Å²) in [4.78, 5) is 40.1. The molecule has 6 fully saturated rings. The monoisotopic (exact) mass is 562 g/mol. The summed E-state index contributed by atoms with van der Waals surface area (Å²) in [6.07, 6.45) is 7.49. The fraction of sp³-hybridized carbons (Fsp3) is 0.545. The highest BCUT2D eigenvalue weighted by Crippen LogP contribution is 2.55. The van der Waals surface area contributed by atoms with Crippen LogP contribution in [0, 0.1) is 29.5 Å².